The molecule has 2 rings (SSSR count). The largest absolute Gasteiger partial charge is 0.497 e. The van der Waals surface area contributed by atoms with Crippen LogP contribution in [0, 0.1) is 11.3 Å². The molecule has 0 aliphatic heterocycles. The van der Waals surface area contributed by atoms with Crippen molar-refractivity contribution >= 4 is 17.3 Å². The number of nitrogens with zero attached hydrogens (tertiary/aromatic N) is 1. The fraction of sp³-hybridized carbons (Fsp3) is 0.158. The number of nitriles is 1. The van der Waals surface area contributed by atoms with Gasteiger partial charge in [0.2, 0.25) is 0 Å². The summed E-state index contributed by atoms with van der Waals surface area (Å²) in [5, 5.41) is 14.2. The van der Waals surface area contributed by atoms with E-state index in [1.54, 1.807) is 24.3 Å². The van der Waals surface area contributed by atoms with E-state index in [9.17, 15) is 23.2 Å². The molecule has 2 aromatic rings. The molecule has 0 radical (unpaired) electrons. The van der Waals surface area contributed by atoms with Crippen molar-refractivity contribution in [1.29, 1.82) is 5.26 Å². The molecule has 0 aliphatic carbocycles. The van der Waals surface area contributed by atoms with Crippen LogP contribution in [0.2, 0.25) is 0 Å². The van der Waals surface area contributed by atoms with Crippen LogP contribution in [0.15, 0.2) is 54.2 Å². The van der Waals surface area contributed by atoms with Gasteiger partial charge in [0, 0.05) is 18.0 Å². The van der Waals surface area contributed by atoms with Crippen LogP contribution >= 0.6 is 0 Å². The SMILES string of the molecule is COc1ccc(N/C=C(/C#N)C(=O)Nc2cccc(C(F)(F)F)c2)c(OC)c1. The average Bonchev–Trinajstić information content (AvgIpc) is 2.68. The molecule has 0 bridgehead atoms. The molecule has 146 valence electrons. The molecule has 1 amide bonds. The molecule has 0 saturated carbocycles. The predicted molar refractivity (Wildman–Crippen MR) is 96.9 cm³/mol. The quantitative estimate of drug-likeness (QED) is 0.570. The fourth-order valence-electron chi connectivity index (χ4n) is 2.19. The highest BCUT2D eigenvalue weighted by Crippen LogP contribution is 2.31. The lowest BCUT2D eigenvalue weighted by molar-refractivity contribution is -0.137. The zero-order chi connectivity index (χ0) is 20.7. The molecule has 0 heterocycles. The number of benzene rings is 2. The Morgan fingerprint density at radius 1 is 1.14 bits per heavy atom. The van der Waals surface area contributed by atoms with Crippen molar-refractivity contribution in [3.63, 3.8) is 0 Å². The first kappa shape index (κ1) is 20.6. The Bertz CT molecular complexity index is 934. The smallest absolute Gasteiger partial charge is 0.416 e. The third kappa shape index (κ3) is 5.17. The number of hydrogen-bond donors (Lipinski definition) is 2. The molecule has 0 atom stereocenters. The zero-order valence-electron chi connectivity index (χ0n) is 14.9. The number of nitrogens with one attached hydrogen (secondary N) is 2. The number of carbonyl (C=O) groups excluding carboxylic acids is 1. The number of alkyl halides is 3. The van der Waals surface area contributed by atoms with Crippen LogP contribution in [0.4, 0.5) is 24.5 Å². The van der Waals surface area contributed by atoms with Crippen LogP contribution in [-0.2, 0) is 11.0 Å². The van der Waals surface area contributed by atoms with Crippen molar-refractivity contribution in [2.75, 3.05) is 24.9 Å². The molecular formula is C19H16F3N3O3. The lowest BCUT2D eigenvalue weighted by Gasteiger charge is -2.11. The summed E-state index contributed by atoms with van der Waals surface area (Å²) >= 11 is 0. The summed E-state index contributed by atoms with van der Waals surface area (Å²) in [6.07, 6.45) is -3.41. The fourth-order valence-corrected chi connectivity index (χ4v) is 2.19. The highest BCUT2D eigenvalue weighted by atomic mass is 19.4. The minimum Gasteiger partial charge on any atom is -0.497 e. The van der Waals surface area contributed by atoms with Gasteiger partial charge >= 0.3 is 6.18 Å². The van der Waals surface area contributed by atoms with Gasteiger partial charge in [-0.1, -0.05) is 6.07 Å². The molecule has 0 fully saturated rings. The Morgan fingerprint density at radius 3 is 2.50 bits per heavy atom. The number of hydrogen-bond acceptors (Lipinski definition) is 5. The molecule has 0 aromatic heterocycles. The van der Waals surface area contributed by atoms with Gasteiger partial charge in [-0.15, -0.1) is 0 Å². The Labute approximate surface area is 159 Å². The first-order valence-electron chi connectivity index (χ1n) is 7.86. The van der Waals surface area contributed by atoms with E-state index >= 15 is 0 Å². The molecule has 2 aromatic carbocycles. The van der Waals surface area contributed by atoms with Gasteiger partial charge in [0.25, 0.3) is 5.91 Å². The Kier molecular flexibility index (Phi) is 6.50. The van der Waals surface area contributed by atoms with Crippen molar-refractivity contribution in [3.8, 4) is 17.6 Å². The van der Waals surface area contributed by atoms with Gasteiger partial charge < -0.3 is 20.1 Å². The van der Waals surface area contributed by atoms with Crippen molar-refractivity contribution in [2.24, 2.45) is 0 Å². The predicted octanol–water partition coefficient (Wildman–Crippen LogP) is 4.18. The minimum absolute atomic E-state index is 0.0806. The number of rotatable bonds is 6. The molecule has 0 spiro atoms. The van der Waals surface area contributed by atoms with Crippen LogP contribution in [0.25, 0.3) is 0 Å². The Balaban J connectivity index is 2.17. The van der Waals surface area contributed by atoms with E-state index in [1.807, 2.05) is 0 Å². The van der Waals surface area contributed by atoms with Crippen LogP contribution < -0.4 is 20.1 Å². The summed E-state index contributed by atoms with van der Waals surface area (Å²) in [6, 6.07) is 10.7. The van der Waals surface area contributed by atoms with Gasteiger partial charge in [0.1, 0.15) is 23.1 Å². The first-order valence-corrected chi connectivity index (χ1v) is 7.86. The van der Waals surface area contributed by atoms with Crippen molar-refractivity contribution < 1.29 is 27.4 Å². The van der Waals surface area contributed by atoms with E-state index in [2.05, 4.69) is 10.6 Å². The second kappa shape index (κ2) is 8.81. The van der Waals surface area contributed by atoms with E-state index in [0.717, 1.165) is 24.4 Å². The Hall–Kier alpha value is -3.67. The second-order valence-electron chi connectivity index (χ2n) is 5.41. The summed E-state index contributed by atoms with van der Waals surface area (Å²) in [7, 11) is 2.93. The number of amides is 1. The van der Waals surface area contributed by atoms with E-state index in [1.165, 1.54) is 20.3 Å². The van der Waals surface area contributed by atoms with Crippen molar-refractivity contribution in [3.05, 3.63) is 59.8 Å². The van der Waals surface area contributed by atoms with E-state index in [0.29, 0.717) is 17.2 Å². The summed E-state index contributed by atoms with van der Waals surface area (Å²) in [4.78, 5) is 12.2. The van der Waals surface area contributed by atoms with Crippen molar-refractivity contribution in [1.82, 2.24) is 0 Å². The summed E-state index contributed by atoms with van der Waals surface area (Å²) < 4.78 is 48.5. The average molecular weight is 391 g/mol. The lowest BCUT2D eigenvalue weighted by Crippen LogP contribution is -2.15. The number of methoxy groups -OCH3 is 2. The van der Waals surface area contributed by atoms with Crippen LogP contribution in [0.3, 0.4) is 0 Å². The number of halogens is 3. The highest BCUT2D eigenvalue weighted by molar-refractivity contribution is 6.06. The van der Waals surface area contributed by atoms with Crippen LogP contribution in [-0.4, -0.2) is 20.1 Å². The van der Waals surface area contributed by atoms with Gasteiger partial charge in [-0.05, 0) is 30.3 Å². The van der Waals surface area contributed by atoms with Gasteiger partial charge in [0.15, 0.2) is 0 Å². The van der Waals surface area contributed by atoms with Gasteiger partial charge in [-0.2, -0.15) is 18.4 Å². The molecular weight excluding hydrogens is 375 g/mol. The standard InChI is InChI=1S/C19H16F3N3O3/c1-27-15-6-7-16(17(9-15)28-2)24-11-12(10-23)18(26)25-14-5-3-4-13(8-14)19(20,21)22/h3-9,11,24H,1-2H3,(H,25,26)/b12-11-. The molecule has 28 heavy (non-hydrogen) atoms. The van der Waals surface area contributed by atoms with Crippen molar-refractivity contribution in [2.45, 2.75) is 6.18 Å². The van der Waals surface area contributed by atoms with Gasteiger partial charge in [-0.25, -0.2) is 0 Å². The van der Waals surface area contributed by atoms with E-state index in [-0.39, 0.29) is 11.3 Å². The maximum Gasteiger partial charge on any atom is 0.416 e. The number of anilines is 2. The van der Waals surface area contributed by atoms with E-state index in [4.69, 9.17) is 9.47 Å². The maximum absolute atomic E-state index is 12.8. The topological polar surface area (TPSA) is 83.4 Å². The summed E-state index contributed by atoms with van der Waals surface area (Å²) in [6.45, 7) is 0. The third-order valence-corrected chi connectivity index (χ3v) is 3.59. The molecule has 9 heteroatoms. The molecule has 0 unspecified atom stereocenters. The van der Waals surface area contributed by atoms with Gasteiger partial charge in [0.05, 0.1) is 25.5 Å². The third-order valence-electron chi connectivity index (χ3n) is 3.59. The monoisotopic (exact) mass is 391 g/mol. The lowest BCUT2D eigenvalue weighted by atomic mass is 10.2. The maximum atomic E-state index is 12.8. The minimum atomic E-state index is -4.54. The zero-order valence-corrected chi connectivity index (χ0v) is 14.9. The molecule has 0 saturated heterocycles. The normalized spacial score (nSPS) is 11.4. The van der Waals surface area contributed by atoms with Crippen LogP contribution in [0.1, 0.15) is 5.56 Å². The number of ether oxygens (including phenoxy) is 2. The van der Waals surface area contributed by atoms with E-state index < -0.39 is 17.6 Å². The molecule has 6 nitrogen and oxygen atoms in total. The summed E-state index contributed by atoms with van der Waals surface area (Å²) in [5.74, 6) is 0.0992. The van der Waals surface area contributed by atoms with Crippen LogP contribution in [0.5, 0.6) is 11.5 Å². The Morgan fingerprint density at radius 2 is 1.89 bits per heavy atom. The molecule has 2 N–H and O–H groups in total. The summed E-state index contributed by atoms with van der Waals surface area (Å²) in [5.41, 5.74) is -0.866. The second-order valence-corrected chi connectivity index (χ2v) is 5.41. The molecule has 0 aliphatic rings. The highest BCUT2D eigenvalue weighted by Gasteiger charge is 2.30. The number of carbonyl (C=O) groups is 1. The van der Waals surface area contributed by atoms with Gasteiger partial charge in [-0.3, -0.25) is 4.79 Å². The first-order chi connectivity index (χ1) is 13.3.